The molecular weight excluding hydrogens is 192 g/mol. The maximum Gasteiger partial charge on any atom is 0.0465 e. The Morgan fingerprint density at radius 3 is 3.00 bits per heavy atom. The molecule has 1 aromatic carbocycles. The van der Waals surface area contributed by atoms with Crippen molar-refractivity contribution in [2.45, 2.75) is 11.3 Å². The van der Waals surface area contributed by atoms with Crippen LogP contribution in [0.5, 0.6) is 0 Å². The van der Waals surface area contributed by atoms with Crippen molar-refractivity contribution in [3.05, 3.63) is 30.5 Å². The van der Waals surface area contributed by atoms with Gasteiger partial charge in [0.2, 0.25) is 0 Å². The Bertz CT molecular complexity index is 408. The molecule has 14 heavy (non-hydrogen) atoms. The number of rotatable bonds is 4. The molecule has 0 radical (unpaired) electrons. The number of para-hydroxylation sites is 1. The van der Waals surface area contributed by atoms with Crippen LogP contribution in [0.2, 0.25) is 0 Å². The minimum Gasteiger partial charge on any atom is -0.360 e. The molecule has 2 nitrogen and oxygen atoms in total. The molecule has 0 atom stereocenters. The van der Waals surface area contributed by atoms with Crippen LogP contribution in [0.15, 0.2) is 35.4 Å². The fourth-order valence-corrected chi connectivity index (χ4v) is 2.44. The van der Waals surface area contributed by atoms with E-state index in [-0.39, 0.29) is 0 Å². The zero-order valence-electron chi connectivity index (χ0n) is 7.99. The fourth-order valence-electron chi connectivity index (χ4n) is 1.43. The van der Waals surface area contributed by atoms with Gasteiger partial charge in [0.1, 0.15) is 0 Å². The van der Waals surface area contributed by atoms with E-state index < -0.39 is 0 Å². The number of H-pyrrole nitrogens is 1. The second-order valence-electron chi connectivity index (χ2n) is 3.19. The molecule has 0 saturated heterocycles. The fraction of sp³-hybridized carbons (Fsp3) is 0.273. The van der Waals surface area contributed by atoms with E-state index in [0.29, 0.717) is 0 Å². The van der Waals surface area contributed by atoms with Crippen molar-refractivity contribution in [1.82, 2.24) is 4.98 Å². The molecule has 0 bridgehead atoms. The van der Waals surface area contributed by atoms with E-state index in [1.165, 1.54) is 15.8 Å². The van der Waals surface area contributed by atoms with Crippen molar-refractivity contribution >= 4 is 22.7 Å². The van der Waals surface area contributed by atoms with Crippen molar-refractivity contribution < 1.29 is 0 Å². The number of benzene rings is 1. The predicted octanol–water partition coefficient (Wildman–Crippen LogP) is 2.61. The van der Waals surface area contributed by atoms with Crippen molar-refractivity contribution in [2.75, 3.05) is 12.3 Å². The molecule has 1 aromatic heterocycles. The topological polar surface area (TPSA) is 41.8 Å². The minimum absolute atomic E-state index is 0.773. The third kappa shape index (κ3) is 1.94. The van der Waals surface area contributed by atoms with Crippen molar-refractivity contribution in [1.29, 1.82) is 0 Å². The zero-order valence-corrected chi connectivity index (χ0v) is 8.81. The van der Waals surface area contributed by atoms with Gasteiger partial charge in [-0.15, -0.1) is 11.8 Å². The van der Waals surface area contributed by atoms with Gasteiger partial charge in [-0.2, -0.15) is 0 Å². The van der Waals surface area contributed by atoms with Crippen molar-refractivity contribution in [2.24, 2.45) is 5.73 Å². The summed E-state index contributed by atoms with van der Waals surface area (Å²) in [5.41, 5.74) is 6.67. The van der Waals surface area contributed by atoms with Gasteiger partial charge in [0.05, 0.1) is 0 Å². The van der Waals surface area contributed by atoms with Gasteiger partial charge in [-0.1, -0.05) is 18.2 Å². The Morgan fingerprint density at radius 2 is 2.14 bits per heavy atom. The lowest BCUT2D eigenvalue weighted by Gasteiger charge is -1.97. The second-order valence-corrected chi connectivity index (χ2v) is 4.33. The number of fused-ring (bicyclic) bond motifs is 1. The predicted molar refractivity (Wildman–Crippen MR) is 62.7 cm³/mol. The molecule has 0 aliphatic carbocycles. The molecule has 3 heteroatoms. The summed E-state index contributed by atoms with van der Waals surface area (Å²) in [6.45, 7) is 0.773. The van der Waals surface area contributed by atoms with Crippen LogP contribution in [-0.2, 0) is 0 Å². The molecule has 0 aliphatic rings. The van der Waals surface area contributed by atoms with Gasteiger partial charge in [0.15, 0.2) is 0 Å². The Kier molecular flexibility index (Phi) is 3.11. The molecule has 74 valence electrons. The first-order chi connectivity index (χ1) is 6.92. The van der Waals surface area contributed by atoms with Gasteiger partial charge in [-0.05, 0) is 24.8 Å². The molecule has 2 aromatic rings. The third-order valence-electron chi connectivity index (χ3n) is 2.16. The Labute approximate surface area is 87.9 Å². The standard InChI is InChI=1S/C11H14N2S/c12-6-3-7-14-11-8-13-10-5-2-1-4-9(10)11/h1-2,4-5,8,13H,3,6-7,12H2. The number of nitrogens with one attached hydrogen (secondary N) is 1. The van der Waals surface area contributed by atoms with Crippen LogP contribution in [0.25, 0.3) is 10.9 Å². The highest BCUT2D eigenvalue weighted by Gasteiger charge is 2.01. The van der Waals surface area contributed by atoms with E-state index in [4.69, 9.17) is 5.73 Å². The number of aromatic nitrogens is 1. The van der Waals surface area contributed by atoms with E-state index in [1.807, 2.05) is 17.8 Å². The van der Waals surface area contributed by atoms with E-state index in [1.54, 1.807) is 0 Å². The average Bonchev–Trinajstić information content (AvgIpc) is 2.63. The van der Waals surface area contributed by atoms with Gasteiger partial charge in [-0.25, -0.2) is 0 Å². The molecule has 1 heterocycles. The van der Waals surface area contributed by atoms with Gasteiger partial charge in [-0.3, -0.25) is 0 Å². The maximum atomic E-state index is 5.46. The van der Waals surface area contributed by atoms with Crippen molar-refractivity contribution in [3.63, 3.8) is 0 Å². The first-order valence-electron chi connectivity index (χ1n) is 4.81. The number of aromatic amines is 1. The van der Waals surface area contributed by atoms with Crippen LogP contribution >= 0.6 is 11.8 Å². The van der Waals surface area contributed by atoms with E-state index >= 15 is 0 Å². The lowest BCUT2D eigenvalue weighted by Crippen LogP contribution is -1.98. The van der Waals surface area contributed by atoms with Crippen LogP contribution in [0.1, 0.15) is 6.42 Å². The zero-order chi connectivity index (χ0) is 9.80. The monoisotopic (exact) mass is 206 g/mol. The highest BCUT2D eigenvalue weighted by molar-refractivity contribution is 7.99. The highest BCUT2D eigenvalue weighted by atomic mass is 32.2. The Balaban J connectivity index is 2.17. The summed E-state index contributed by atoms with van der Waals surface area (Å²) < 4.78 is 0. The first kappa shape index (κ1) is 9.62. The summed E-state index contributed by atoms with van der Waals surface area (Å²) in [7, 11) is 0. The van der Waals surface area contributed by atoms with Gasteiger partial charge < -0.3 is 10.7 Å². The quantitative estimate of drug-likeness (QED) is 0.596. The largest absolute Gasteiger partial charge is 0.360 e. The van der Waals surface area contributed by atoms with E-state index in [2.05, 4.69) is 29.4 Å². The molecule has 0 unspecified atom stereocenters. The molecular formula is C11H14N2S. The molecule has 0 fully saturated rings. The lowest BCUT2D eigenvalue weighted by molar-refractivity contribution is 0.943. The Hall–Kier alpha value is -0.930. The van der Waals surface area contributed by atoms with Gasteiger partial charge in [0, 0.05) is 22.0 Å². The van der Waals surface area contributed by atoms with Gasteiger partial charge in [0.25, 0.3) is 0 Å². The molecule has 3 N–H and O–H groups in total. The molecule has 0 saturated carbocycles. The van der Waals surface area contributed by atoms with Crippen LogP contribution in [0, 0.1) is 0 Å². The summed E-state index contributed by atoms with van der Waals surface area (Å²) in [5, 5.41) is 1.31. The van der Waals surface area contributed by atoms with Crippen LogP contribution in [-0.4, -0.2) is 17.3 Å². The first-order valence-corrected chi connectivity index (χ1v) is 5.79. The van der Waals surface area contributed by atoms with Crippen molar-refractivity contribution in [3.8, 4) is 0 Å². The molecule has 0 spiro atoms. The smallest absolute Gasteiger partial charge is 0.0465 e. The summed E-state index contributed by atoms with van der Waals surface area (Å²) in [4.78, 5) is 4.59. The number of nitrogens with two attached hydrogens (primary N) is 1. The van der Waals surface area contributed by atoms with Crippen LogP contribution in [0.3, 0.4) is 0 Å². The highest BCUT2D eigenvalue weighted by Crippen LogP contribution is 2.27. The third-order valence-corrected chi connectivity index (χ3v) is 3.30. The van der Waals surface area contributed by atoms with Gasteiger partial charge >= 0.3 is 0 Å². The number of thioether (sulfide) groups is 1. The van der Waals surface area contributed by atoms with E-state index in [0.717, 1.165) is 18.7 Å². The number of hydrogen-bond acceptors (Lipinski definition) is 2. The Morgan fingerprint density at radius 1 is 1.29 bits per heavy atom. The van der Waals surface area contributed by atoms with Crippen LogP contribution in [0.4, 0.5) is 0 Å². The normalized spacial score (nSPS) is 10.9. The summed E-state index contributed by atoms with van der Waals surface area (Å²) in [6, 6.07) is 8.37. The SMILES string of the molecule is NCCCSc1c[nH]c2ccccc12. The maximum absolute atomic E-state index is 5.46. The van der Waals surface area contributed by atoms with Crippen LogP contribution < -0.4 is 5.73 Å². The minimum atomic E-state index is 0.773. The summed E-state index contributed by atoms with van der Waals surface area (Å²) in [5.74, 6) is 1.10. The second kappa shape index (κ2) is 4.53. The number of hydrogen-bond donors (Lipinski definition) is 2. The average molecular weight is 206 g/mol. The summed E-state index contributed by atoms with van der Waals surface area (Å²) in [6.07, 6.45) is 3.15. The lowest BCUT2D eigenvalue weighted by atomic mass is 10.2. The molecule has 0 amide bonds. The summed E-state index contributed by atoms with van der Waals surface area (Å²) >= 11 is 1.87. The molecule has 2 rings (SSSR count). The van der Waals surface area contributed by atoms with E-state index in [9.17, 15) is 0 Å². The molecule has 0 aliphatic heterocycles.